The summed E-state index contributed by atoms with van der Waals surface area (Å²) in [6.07, 6.45) is 1.03. The third kappa shape index (κ3) is 1.99. The molecule has 0 radical (unpaired) electrons. The monoisotopic (exact) mass is 233 g/mol. The van der Waals surface area contributed by atoms with Crippen LogP contribution in [0, 0.1) is 0 Å². The molecule has 0 amide bonds. The maximum absolute atomic E-state index is 5.50. The number of likely N-dealkylation sites (tertiary alicyclic amines) is 1. The van der Waals surface area contributed by atoms with Crippen molar-refractivity contribution in [2.24, 2.45) is 0 Å². The Kier molecular flexibility index (Phi) is 3.29. The van der Waals surface area contributed by atoms with Gasteiger partial charge in [0.25, 0.3) is 0 Å². The minimum absolute atomic E-state index is 0.510. The molecule has 0 saturated carbocycles. The van der Waals surface area contributed by atoms with E-state index in [2.05, 4.69) is 56.0 Å². The lowest BCUT2D eigenvalue weighted by molar-refractivity contribution is 0.287. The summed E-state index contributed by atoms with van der Waals surface area (Å²) in [6.45, 7) is 6.73. The van der Waals surface area contributed by atoms with Crippen molar-refractivity contribution in [3.05, 3.63) is 35.9 Å². The van der Waals surface area contributed by atoms with Gasteiger partial charge in [-0.3, -0.25) is 0 Å². The molecule has 1 fully saturated rings. The first-order chi connectivity index (χ1) is 7.61. The third-order valence-electron chi connectivity index (χ3n) is 3.49. The first-order valence-electron chi connectivity index (χ1n) is 5.97. The van der Waals surface area contributed by atoms with E-state index < -0.39 is 0 Å². The third-order valence-corrected chi connectivity index (χ3v) is 3.87. The molecule has 1 heterocycles. The SMILES string of the molecule is CC(C)N1C(=S)C[C@H](c2ccccc2)[C@@H]1C. The fraction of sp³-hybridized carbons (Fsp3) is 0.500. The van der Waals surface area contributed by atoms with Crippen molar-refractivity contribution in [3.63, 3.8) is 0 Å². The van der Waals surface area contributed by atoms with Crippen molar-refractivity contribution in [2.45, 2.75) is 45.2 Å². The molecule has 1 aliphatic heterocycles. The van der Waals surface area contributed by atoms with Gasteiger partial charge in [0.15, 0.2) is 0 Å². The van der Waals surface area contributed by atoms with Crippen LogP contribution in [0.25, 0.3) is 0 Å². The second kappa shape index (κ2) is 4.54. The molecule has 86 valence electrons. The summed E-state index contributed by atoms with van der Waals surface area (Å²) in [5.41, 5.74) is 1.42. The Morgan fingerprint density at radius 3 is 2.38 bits per heavy atom. The minimum Gasteiger partial charge on any atom is -0.360 e. The van der Waals surface area contributed by atoms with Gasteiger partial charge in [-0.05, 0) is 26.3 Å². The van der Waals surface area contributed by atoms with Gasteiger partial charge in [-0.2, -0.15) is 0 Å². The van der Waals surface area contributed by atoms with Gasteiger partial charge >= 0.3 is 0 Å². The molecule has 16 heavy (non-hydrogen) atoms. The summed E-state index contributed by atoms with van der Waals surface area (Å²) in [6, 6.07) is 11.8. The summed E-state index contributed by atoms with van der Waals surface area (Å²) in [5, 5.41) is 0. The Morgan fingerprint density at radius 1 is 1.25 bits per heavy atom. The van der Waals surface area contributed by atoms with E-state index in [0.717, 1.165) is 11.4 Å². The van der Waals surface area contributed by atoms with Crippen LogP contribution in [-0.4, -0.2) is 22.0 Å². The molecular formula is C14H19NS. The van der Waals surface area contributed by atoms with E-state index in [0.29, 0.717) is 18.0 Å². The topological polar surface area (TPSA) is 3.24 Å². The number of nitrogens with zero attached hydrogens (tertiary/aromatic N) is 1. The summed E-state index contributed by atoms with van der Waals surface area (Å²) < 4.78 is 0. The van der Waals surface area contributed by atoms with E-state index in [9.17, 15) is 0 Å². The van der Waals surface area contributed by atoms with Gasteiger partial charge in [0.2, 0.25) is 0 Å². The van der Waals surface area contributed by atoms with Crippen molar-refractivity contribution >= 4 is 17.2 Å². The Hall–Kier alpha value is -0.890. The second-order valence-corrected chi connectivity index (χ2v) is 5.33. The Bertz CT molecular complexity index is 372. The van der Waals surface area contributed by atoms with Crippen molar-refractivity contribution in [2.75, 3.05) is 0 Å². The highest BCUT2D eigenvalue weighted by Gasteiger charge is 2.35. The molecule has 1 nitrogen and oxygen atoms in total. The van der Waals surface area contributed by atoms with Crippen LogP contribution in [0.1, 0.15) is 38.7 Å². The lowest BCUT2D eigenvalue weighted by atomic mass is 9.93. The number of rotatable bonds is 2. The molecule has 1 aliphatic rings. The highest BCUT2D eigenvalue weighted by Crippen LogP contribution is 2.35. The summed E-state index contributed by atoms with van der Waals surface area (Å²) >= 11 is 5.50. The molecule has 2 rings (SSSR count). The molecule has 1 saturated heterocycles. The Balaban J connectivity index is 2.24. The zero-order valence-corrected chi connectivity index (χ0v) is 11.0. The van der Waals surface area contributed by atoms with E-state index in [1.54, 1.807) is 0 Å². The van der Waals surface area contributed by atoms with Crippen molar-refractivity contribution in [1.82, 2.24) is 4.90 Å². The predicted octanol–water partition coefficient (Wildman–Crippen LogP) is 3.60. The first kappa shape index (κ1) is 11.6. The number of hydrogen-bond donors (Lipinski definition) is 0. The van der Waals surface area contributed by atoms with Gasteiger partial charge in [-0.25, -0.2) is 0 Å². The standard InChI is InChI=1S/C14H19NS/c1-10(2)15-11(3)13(9-14(15)16)12-7-5-4-6-8-12/h4-8,10-11,13H,9H2,1-3H3/t11-,13-/m0/s1. The highest BCUT2D eigenvalue weighted by atomic mass is 32.1. The van der Waals surface area contributed by atoms with Gasteiger partial charge in [-0.1, -0.05) is 42.5 Å². The lowest BCUT2D eigenvalue weighted by Crippen LogP contribution is -2.37. The molecule has 0 bridgehead atoms. The Labute approximate surface area is 103 Å². The molecule has 0 aromatic heterocycles. The summed E-state index contributed by atoms with van der Waals surface area (Å²) in [7, 11) is 0. The lowest BCUT2D eigenvalue weighted by Gasteiger charge is -2.30. The average Bonchev–Trinajstić information content (AvgIpc) is 2.55. The quantitative estimate of drug-likeness (QED) is 0.718. The van der Waals surface area contributed by atoms with Crippen LogP contribution in [-0.2, 0) is 0 Å². The van der Waals surface area contributed by atoms with E-state index in [4.69, 9.17) is 12.2 Å². The van der Waals surface area contributed by atoms with E-state index in [1.807, 2.05) is 0 Å². The number of benzene rings is 1. The Morgan fingerprint density at radius 2 is 1.88 bits per heavy atom. The van der Waals surface area contributed by atoms with E-state index in [1.165, 1.54) is 5.56 Å². The van der Waals surface area contributed by atoms with Gasteiger partial charge in [0.1, 0.15) is 0 Å². The average molecular weight is 233 g/mol. The van der Waals surface area contributed by atoms with E-state index >= 15 is 0 Å². The minimum atomic E-state index is 0.510. The van der Waals surface area contributed by atoms with Crippen molar-refractivity contribution in [3.8, 4) is 0 Å². The molecule has 0 aliphatic carbocycles. The van der Waals surface area contributed by atoms with Crippen LogP contribution < -0.4 is 0 Å². The molecule has 0 spiro atoms. The van der Waals surface area contributed by atoms with Crippen LogP contribution >= 0.6 is 12.2 Å². The number of thiocarbonyl (C=S) groups is 1. The maximum Gasteiger partial charge on any atom is 0.0791 e. The van der Waals surface area contributed by atoms with Gasteiger partial charge in [-0.15, -0.1) is 0 Å². The van der Waals surface area contributed by atoms with Crippen molar-refractivity contribution in [1.29, 1.82) is 0 Å². The van der Waals surface area contributed by atoms with Crippen LogP contribution in [0.2, 0.25) is 0 Å². The molecule has 0 N–H and O–H groups in total. The molecule has 0 unspecified atom stereocenters. The first-order valence-corrected chi connectivity index (χ1v) is 6.38. The molecule has 2 heteroatoms. The molecule has 1 aromatic carbocycles. The summed E-state index contributed by atoms with van der Waals surface area (Å²) in [5.74, 6) is 0.566. The van der Waals surface area contributed by atoms with Gasteiger partial charge in [0.05, 0.1) is 4.99 Å². The molecule has 1 aromatic rings. The zero-order chi connectivity index (χ0) is 11.7. The fourth-order valence-electron chi connectivity index (χ4n) is 2.74. The maximum atomic E-state index is 5.50. The normalized spacial score (nSPS) is 25.5. The largest absolute Gasteiger partial charge is 0.360 e. The predicted molar refractivity (Wildman–Crippen MR) is 72.8 cm³/mol. The van der Waals surface area contributed by atoms with Crippen LogP contribution in [0.5, 0.6) is 0 Å². The van der Waals surface area contributed by atoms with E-state index in [-0.39, 0.29) is 0 Å². The van der Waals surface area contributed by atoms with Crippen LogP contribution in [0.15, 0.2) is 30.3 Å². The highest BCUT2D eigenvalue weighted by molar-refractivity contribution is 7.80. The smallest absolute Gasteiger partial charge is 0.0791 e. The molecular weight excluding hydrogens is 214 g/mol. The van der Waals surface area contributed by atoms with Crippen LogP contribution in [0.4, 0.5) is 0 Å². The summed E-state index contributed by atoms with van der Waals surface area (Å²) in [4.78, 5) is 3.50. The molecule has 2 atom stereocenters. The second-order valence-electron chi connectivity index (χ2n) is 4.86. The van der Waals surface area contributed by atoms with Gasteiger partial charge in [0, 0.05) is 24.4 Å². The fourth-order valence-corrected chi connectivity index (χ4v) is 3.30. The van der Waals surface area contributed by atoms with Gasteiger partial charge < -0.3 is 4.90 Å². The zero-order valence-electron chi connectivity index (χ0n) is 10.2. The number of hydrogen-bond acceptors (Lipinski definition) is 1. The van der Waals surface area contributed by atoms with Crippen molar-refractivity contribution < 1.29 is 0 Å². The van der Waals surface area contributed by atoms with Crippen LogP contribution in [0.3, 0.4) is 0 Å².